The highest BCUT2D eigenvalue weighted by molar-refractivity contribution is 5.34. The zero-order chi connectivity index (χ0) is 5.69. The zero-order valence-electron chi connectivity index (χ0n) is 5.09. The summed E-state index contributed by atoms with van der Waals surface area (Å²) in [4.78, 5) is 0. The number of fused-ring (bicyclic) bond motifs is 1. The normalized spacial score (nSPS) is 80.0. The Labute approximate surface area is 53.1 Å². The van der Waals surface area contributed by atoms with Crippen molar-refractivity contribution >= 4 is 0 Å². The van der Waals surface area contributed by atoms with Crippen LogP contribution in [0.15, 0.2) is 0 Å². The first-order valence-electron chi connectivity index (χ1n) is 3.70. The van der Waals surface area contributed by atoms with Gasteiger partial charge in [0.2, 0.25) is 0 Å². The van der Waals surface area contributed by atoms with Crippen molar-refractivity contribution in [3.05, 3.63) is 0 Å². The van der Waals surface area contributed by atoms with Crippen LogP contribution in [0.3, 0.4) is 0 Å². The van der Waals surface area contributed by atoms with E-state index in [9.17, 15) is 0 Å². The summed E-state index contributed by atoms with van der Waals surface area (Å²) in [7, 11) is 0. The molecule has 2 saturated carbocycles. The van der Waals surface area contributed by atoms with E-state index in [0.29, 0.717) is 23.4 Å². The molecule has 0 aromatic carbocycles. The molecule has 4 fully saturated rings. The monoisotopic (exact) mass is 124 g/mol. The summed E-state index contributed by atoms with van der Waals surface area (Å²) in [5.74, 6) is 0. The first kappa shape index (κ1) is 3.94. The lowest BCUT2D eigenvalue weighted by Crippen LogP contribution is -2.11. The summed E-state index contributed by atoms with van der Waals surface area (Å²) < 4.78 is 11.1. The van der Waals surface area contributed by atoms with Gasteiger partial charge in [0.1, 0.15) is 23.4 Å². The van der Waals surface area contributed by atoms with Gasteiger partial charge in [0.25, 0.3) is 0 Å². The van der Waals surface area contributed by atoms with Gasteiger partial charge in [-0.3, -0.25) is 0 Å². The van der Waals surface area contributed by atoms with Crippen molar-refractivity contribution in [2.75, 3.05) is 0 Å². The highest BCUT2D eigenvalue weighted by atomic mass is 16.7. The van der Waals surface area contributed by atoms with Gasteiger partial charge in [-0.1, -0.05) is 0 Å². The highest BCUT2D eigenvalue weighted by Gasteiger charge is 2.86. The van der Waals surface area contributed by atoms with Gasteiger partial charge in [0.05, 0.1) is 0 Å². The minimum Gasteiger partial charge on any atom is -0.363 e. The molecule has 2 heterocycles. The quantitative estimate of drug-likeness (QED) is 0.438. The van der Waals surface area contributed by atoms with E-state index < -0.39 is 0 Å². The van der Waals surface area contributed by atoms with Crippen LogP contribution >= 0.6 is 0 Å². The fourth-order valence-electron chi connectivity index (χ4n) is 2.91. The summed E-state index contributed by atoms with van der Waals surface area (Å²) in [6, 6.07) is 0. The third-order valence-electron chi connectivity index (χ3n) is 3.49. The molecule has 2 saturated heterocycles. The van der Waals surface area contributed by atoms with Gasteiger partial charge < -0.3 is 9.47 Å². The summed E-state index contributed by atoms with van der Waals surface area (Å²) >= 11 is 0. The number of rotatable bonds is 0. The Bertz CT molecular complexity index is 193. The Morgan fingerprint density at radius 3 is 1.89 bits per heavy atom. The Hall–Kier alpha value is -0.0800. The summed E-state index contributed by atoms with van der Waals surface area (Å²) in [6.07, 6.45) is 4.83. The van der Waals surface area contributed by atoms with Crippen LogP contribution in [0.5, 0.6) is 0 Å². The largest absolute Gasteiger partial charge is 0.363 e. The van der Waals surface area contributed by atoms with Crippen LogP contribution in [-0.2, 0) is 9.47 Å². The zero-order valence-corrected chi connectivity index (χ0v) is 5.09. The number of hydrogen-bond acceptors (Lipinski definition) is 2. The number of epoxide rings is 2. The summed E-state index contributed by atoms with van der Waals surface area (Å²) in [6.45, 7) is 0. The lowest BCUT2D eigenvalue weighted by Gasteiger charge is -1.95. The van der Waals surface area contributed by atoms with Crippen molar-refractivity contribution < 1.29 is 9.47 Å². The molecule has 2 spiro atoms. The molecule has 2 bridgehead atoms. The first-order chi connectivity index (χ1) is 4.35. The molecule has 4 rings (SSSR count). The third-order valence-corrected chi connectivity index (χ3v) is 3.49. The fourth-order valence-corrected chi connectivity index (χ4v) is 2.91. The van der Waals surface area contributed by atoms with Gasteiger partial charge in [-0.15, -0.1) is 0 Å². The Morgan fingerprint density at radius 2 is 1.56 bits per heavy atom. The molecular weight excluding hydrogens is 116 g/mol. The SMILES string of the molecule is C1CC23CC14OC4C2O3. The molecule has 2 aliphatic heterocycles. The number of hydrogen-bond donors (Lipinski definition) is 0. The molecule has 48 valence electrons. The van der Waals surface area contributed by atoms with Crippen molar-refractivity contribution in [2.24, 2.45) is 0 Å². The van der Waals surface area contributed by atoms with Gasteiger partial charge in [-0.25, -0.2) is 0 Å². The standard InChI is InChI=1S/C7H8O2/c1-2-7-3-6(1)4(8-6)5(7)9-7/h4-5H,1-3H2. The second-order valence-electron chi connectivity index (χ2n) is 3.88. The number of ether oxygens (including phenoxy) is 2. The molecular formula is C7H8O2. The fraction of sp³-hybridized carbons (Fsp3) is 1.00. The average Bonchev–Trinajstić information content (AvgIpc) is 2.61. The van der Waals surface area contributed by atoms with E-state index in [1.165, 1.54) is 19.3 Å². The van der Waals surface area contributed by atoms with E-state index in [-0.39, 0.29) is 0 Å². The van der Waals surface area contributed by atoms with Crippen LogP contribution in [0.2, 0.25) is 0 Å². The van der Waals surface area contributed by atoms with Crippen molar-refractivity contribution in [2.45, 2.75) is 42.7 Å². The molecule has 0 radical (unpaired) electrons. The molecule has 2 aliphatic carbocycles. The van der Waals surface area contributed by atoms with E-state index in [1.54, 1.807) is 0 Å². The van der Waals surface area contributed by atoms with Crippen molar-refractivity contribution in [1.82, 2.24) is 0 Å². The first-order valence-corrected chi connectivity index (χ1v) is 3.70. The minimum atomic E-state index is 0.364. The van der Waals surface area contributed by atoms with E-state index in [2.05, 4.69) is 0 Å². The predicted octanol–water partition coefficient (Wildman–Crippen LogP) is 0.459. The Balaban J connectivity index is 2.00. The Kier molecular flexibility index (Phi) is 0.316. The van der Waals surface area contributed by atoms with E-state index in [1.807, 2.05) is 0 Å². The second-order valence-corrected chi connectivity index (χ2v) is 3.88. The third kappa shape index (κ3) is 0.228. The Morgan fingerprint density at radius 1 is 1.00 bits per heavy atom. The molecule has 2 nitrogen and oxygen atoms in total. The van der Waals surface area contributed by atoms with Gasteiger partial charge in [0, 0.05) is 6.42 Å². The van der Waals surface area contributed by atoms with E-state index >= 15 is 0 Å². The van der Waals surface area contributed by atoms with E-state index in [0.717, 1.165) is 0 Å². The van der Waals surface area contributed by atoms with Crippen molar-refractivity contribution in [3.63, 3.8) is 0 Å². The van der Waals surface area contributed by atoms with E-state index in [4.69, 9.17) is 9.47 Å². The average molecular weight is 124 g/mol. The predicted molar refractivity (Wildman–Crippen MR) is 29.1 cm³/mol. The van der Waals surface area contributed by atoms with Gasteiger partial charge >= 0.3 is 0 Å². The molecule has 2 heteroatoms. The van der Waals surface area contributed by atoms with Crippen molar-refractivity contribution in [1.29, 1.82) is 0 Å². The lowest BCUT2D eigenvalue weighted by atomic mass is 10.0. The van der Waals surface area contributed by atoms with Crippen LogP contribution < -0.4 is 0 Å². The smallest absolute Gasteiger partial charge is 0.116 e. The molecule has 4 unspecified atom stereocenters. The lowest BCUT2D eigenvalue weighted by molar-refractivity contribution is 0.273. The van der Waals surface area contributed by atoms with Crippen LogP contribution in [0, 0.1) is 0 Å². The van der Waals surface area contributed by atoms with Crippen LogP contribution in [-0.4, -0.2) is 23.4 Å². The maximum atomic E-state index is 5.55. The van der Waals surface area contributed by atoms with Gasteiger partial charge in [-0.05, 0) is 12.8 Å². The summed E-state index contributed by atoms with van der Waals surface area (Å²) in [5.41, 5.74) is 0.728. The maximum absolute atomic E-state index is 5.55. The van der Waals surface area contributed by atoms with Gasteiger partial charge in [0.15, 0.2) is 0 Å². The van der Waals surface area contributed by atoms with Crippen LogP contribution in [0.4, 0.5) is 0 Å². The molecule has 0 aromatic heterocycles. The van der Waals surface area contributed by atoms with Crippen LogP contribution in [0.25, 0.3) is 0 Å². The molecule has 4 atom stereocenters. The molecule has 0 aromatic rings. The summed E-state index contributed by atoms with van der Waals surface area (Å²) in [5, 5.41) is 0. The second kappa shape index (κ2) is 0.722. The topological polar surface area (TPSA) is 25.1 Å². The molecule has 0 N–H and O–H groups in total. The maximum Gasteiger partial charge on any atom is 0.116 e. The molecule has 0 amide bonds. The van der Waals surface area contributed by atoms with Crippen molar-refractivity contribution in [3.8, 4) is 0 Å². The van der Waals surface area contributed by atoms with Gasteiger partial charge in [-0.2, -0.15) is 0 Å². The molecule has 4 aliphatic rings. The molecule has 9 heavy (non-hydrogen) atoms. The van der Waals surface area contributed by atoms with Crippen LogP contribution in [0.1, 0.15) is 19.3 Å². The highest BCUT2D eigenvalue weighted by Crippen LogP contribution is 2.73. The minimum absolute atomic E-state index is 0.364.